The number of amides is 1. The first-order chi connectivity index (χ1) is 12.1. The average molecular weight is 375 g/mol. The van der Waals surface area contributed by atoms with E-state index >= 15 is 0 Å². The predicted molar refractivity (Wildman–Crippen MR) is 101 cm³/mol. The van der Waals surface area contributed by atoms with Gasteiger partial charge in [0.05, 0.1) is 12.1 Å². The van der Waals surface area contributed by atoms with E-state index in [0.717, 1.165) is 48.1 Å². The molecule has 3 aromatic rings. The summed E-state index contributed by atoms with van der Waals surface area (Å²) in [5.74, 6) is 0.189. The molecule has 25 heavy (non-hydrogen) atoms. The third-order valence-electron chi connectivity index (χ3n) is 4.61. The van der Waals surface area contributed by atoms with Gasteiger partial charge in [-0.05, 0) is 19.2 Å². The summed E-state index contributed by atoms with van der Waals surface area (Å²) in [7, 11) is 2.09. The first-order valence-corrected chi connectivity index (χ1v) is 9.53. The Bertz CT molecular complexity index is 894. The highest BCUT2D eigenvalue weighted by Crippen LogP contribution is 2.25. The Hall–Kier alpha value is -1.89. The molecule has 0 spiro atoms. The van der Waals surface area contributed by atoms with Crippen molar-refractivity contribution in [2.75, 3.05) is 33.2 Å². The van der Waals surface area contributed by atoms with Crippen LogP contribution in [0.5, 0.6) is 0 Å². The van der Waals surface area contributed by atoms with Gasteiger partial charge in [0.2, 0.25) is 5.91 Å². The lowest BCUT2D eigenvalue weighted by Gasteiger charge is -2.32. The van der Waals surface area contributed by atoms with Gasteiger partial charge in [-0.15, -0.1) is 11.3 Å². The summed E-state index contributed by atoms with van der Waals surface area (Å²) in [5.41, 5.74) is 2.92. The molecule has 7 heteroatoms. The third-order valence-corrected chi connectivity index (χ3v) is 5.75. The van der Waals surface area contributed by atoms with E-state index in [-0.39, 0.29) is 5.91 Å². The number of hydrogen-bond donors (Lipinski definition) is 0. The number of hydrogen-bond acceptors (Lipinski definition) is 4. The monoisotopic (exact) mass is 374 g/mol. The summed E-state index contributed by atoms with van der Waals surface area (Å²) in [6.45, 7) is 3.50. The fourth-order valence-corrected chi connectivity index (χ4v) is 4.04. The second-order valence-electron chi connectivity index (χ2n) is 6.37. The summed E-state index contributed by atoms with van der Waals surface area (Å²) in [5, 5.41) is 2.74. The Kier molecular flexibility index (Phi) is 4.50. The maximum absolute atomic E-state index is 12.6. The normalized spacial score (nSPS) is 15.8. The summed E-state index contributed by atoms with van der Waals surface area (Å²) < 4.78 is 2.03. The molecular formula is C18H19ClN4OS. The number of nitrogens with zero attached hydrogens (tertiary/aromatic N) is 4. The highest BCUT2D eigenvalue weighted by Gasteiger charge is 2.20. The van der Waals surface area contributed by atoms with Gasteiger partial charge in [-0.1, -0.05) is 23.7 Å². The Balaban J connectivity index is 1.54. The van der Waals surface area contributed by atoms with Crippen molar-refractivity contribution in [1.29, 1.82) is 0 Å². The molecule has 5 nitrogen and oxygen atoms in total. The topological polar surface area (TPSA) is 40.8 Å². The molecular weight excluding hydrogens is 356 g/mol. The fraction of sp³-hybridized carbons (Fsp3) is 0.333. The lowest BCUT2D eigenvalue weighted by Crippen LogP contribution is -2.47. The smallest absolute Gasteiger partial charge is 0.228 e. The van der Waals surface area contributed by atoms with E-state index in [0.29, 0.717) is 11.4 Å². The molecule has 4 rings (SSSR count). The lowest BCUT2D eigenvalue weighted by molar-refractivity contribution is -0.132. The zero-order valence-corrected chi connectivity index (χ0v) is 15.6. The molecule has 0 atom stereocenters. The van der Waals surface area contributed by atoms with Crippen LogP contribution in [0.15, 0.2) is 35.8 Å². The molecule has 130 valence electrons. The number of thiazole rings is 1. The van der Waals surface area contributed by atoms with E-state index in [1.807, 2.05) is 45.1 Å². The molecule has 1 fully saturated rings. The number of likely N-dealkylation sites (N-methyl/N-ethyl adjacent to an activating group) is 1. The van der Waals surface area contributed by atoms with E-state index in [1.165, 1.54) is 0 Å². The Morgan fingerprint density at radius 1 is 1.20 bits per heavy atom. The van der Waals surface area contributed by atoms with Gasteiger partial charge in [-0.25, -0.2) is 4.98 Å². The van der Waals surface area contributed by atoms with Gasteiger partial charge in [0.1, 0.15) is 0 Å². The van der Waals surface area contributed by atoms with Crippen molar-refractivity contribution in [3.8, 4) is 11.3 Å². The van der Waals surface area contributed by atoms with Gasteiger partial charge < -0.3 is 9.80 Å². The number of benzene rings is 1. The van der Waals surface area contributed by atoms with Crippen molar-refractivity contribution in [1.82, 2.24) is 19.2 Å². The number of piperazine rings is 1. The lowest BCUT2D eigenvalue weighted by atomic mass is 10.2. The molecule has 1 amide bonds. The van der Waals surface area contributed by atoms with Gasteiger partial charge in [0.25, 0.3) is 0 Å². The molecule has 0 radical (unpaired) electrons. The number of carbonyl (C=O) groups is 1. The number of halogens is 1. The van der Waals surface area contributed by atoms with Gasteiger partial charge in [-0.3, -0.25) is 9.20 Å². The maximum Gasteiger partial charge on any atom is 0.228 e. The molecule has 0 aliphatic carbocycles. The quantitative estimate of drug-likeness (QED) is 0.707. The number of carbonyl (C=O) groups excluding carboxylic acids is 1. The molecule has 0 bridgehead atoms. The van der Waals surface area contributed by atoms with Crippen LogP contribution in [0.1, 0.15) is 5.69 Å². The minimum absolute atomic E-state index is 0.189. The first-order valence-electron chi connectivity index (χ1n) is 8.28. The minimum Gasteiger partial charge on any atom is -0.340 e. The maximum atomic E-state index is 12.6. The van der Waals surface area contributed by atoms with Crippen LogP contribution in [-0.2, 0) is 11.2 Å². The molecule has 0 unspecified atom stereocenters. The van der Waals surface area contributed by atoms with Crippen molar-refractivity contribution in [2.45, 2.75) is 6.42 Å². The molecule has 1 saturated heterocycles. The van der Waals surface area contributed by atoms with E-state index in [2.05, 4.69) is 16.9 Å². The Labute approximate surface area is 155 Å². The number of rotatable bonds is 3. The molecule has 3 heterocycles. The molecule has 2 aromatic heterocycles. The zero-order valence-electron chi connectivity index (χ0n) is 14.0. The van der Waals surface area contributed by atoms with Crippen LogP contribution >= 0.6 is 22.9 Å². The molecule has 1 aromatic carbocycles. The van der Waals surface area contributed by atoms with E-state index in [1.54, 1.807) is 11.3 Å². The Morgan fingerprint density at radius 2 is 1.92 bits per heavy atom. The third kappa shape index (κ3) is 3.42. The standard InChI is InChI=1S/C18H19ClN4OS/c1-21-6-8-22(9-7-21)17(24)10-15-12-25-18-20-16(11-23(15)18)13-2-4-14(19)5-3-13/h2-5,11-12H,6-10H2,1H3. The van der Waals surface area contributed by atoms with Crippen molar-refractivity contribution in [3.63, 3.8) is 0 Å². The van der Waals surface area contributed by atoms with Crippen LogP contribution in [0.25, 0.3) is 16.2 Å². The van der Waals surface area contributed by atoms with Crippen LogP contribution in [0, 0.1) is 0 Å². The van der Waals surface area contributed by atoms with Gasteiger partial charge in [0.15, 0.2) is 4.96 Å². The van der Waals surface area contributed by atoms with Crippen LogP contribution < -0.4 is 0 Å². The highest BCUT2D eigenvalue weighted by atomic mass is 35.5. The second kappa shape index (κ2) is 6.78. The van der Waals surface area contributed by atoms with Crippen LogP contribution in [0.4, 0.5) is 0 Å². The van der Waals surface area contributed by atoms with Crippen LogP contribution in [-0.4, -0.2) is 58.3 Å². The summed E-state index contributed by atoms with van der Waals surface area (Å²) >= 11 is 7.52. The second-order valence-corrected chi connectivity index (χ2v) is 7.65. The van der Waals surface area contributed by atoms with E-state index < -0.39 is 0 Å². The fourth-order valence-electron chi connectivity index (χ4n) is 3.04. The van der Waals surface area contributed by atoms with E-state index in [9.17, 15) is 4.79 Å². The Morgan fingerprint density at radius 3 is 2.64 bits per heavy atom. The number of fused-ring (bicyclic) bond motifs is 1. The van der Waals surface area contributed by atoms with Gasteiger partial charge in [0, 0.05) is 54.0 Å². The van der Waals surface area contributed by atoms with Crippen molar-refractivity contribution in [2.24, 2.45) is 0 Å². The predicted octanol–water partition coefficient (Wildman–Crippen LogP) is 3.03. The van der Waals surface area contributed by atoms with Crippen molar-refractivity contribution in [3.05, 3.63) is 46.6 Å². The minimum atomic E-state index is 0.189. The zero-order chi connectivity index (χ0) is 17.4. The van der Waals surface area contributed by atoms with Crippen molar-refractivity contribution >= 4 is 33.8 Å². The largest absolute Gasteiger partial charge is 0.340 e. The van der Waals surface area contributed by atoms with Crippen molar-refractivity contribution < 1.29 is 4.79 Å². The summed E-state index contributed by atoms with van der Waals surface area (Å²) in [4.78, 5) is 22.4. The number of imidazole rings is 1. The summed E-state index contributed by atoms with van der Waals surface area (Å²) in [6.07, 6.45) is 2.42. The van der Waals surface area contributed by atoms with Gasteiger partial charge in [-0.2, -0.15) is 0 Å². The highest BCUT2D eigenvalue weighted by molar-refractivity contribution is 7.15. The number of aromatic nitrogens is 2. The molecule has 0 saturated carbocycles. The first kappa shape index (κ1) is 16.6. The van der Waals surface area contributed by atoms with Gasteiger partial charge >= 0.3 is 0 Å². The molecule has 1 aliphatic heterocycles. The average Bonchev–Trinajstić information content (AvgIpc) is 3.18. The van der Waals surface area contributed by atoms with Crippen LogP contribution in [0.2, 0.25) is 5.02 Å². The van der Waals surface area contributed by atoms with E-state index in [4.69, 9.17) is 11.6 Å². The molecule has 1 aliphatic rings. The summed E-state index contributed by atoms with van der Waals surface area (Å²) in [6, 6.07) is 7.65. The SMILES string of the molecule is CN1CCN(C(=O)Cc2csc3nc(-c4ccc(Cl)cc4)cn23)CC1. The van der Waals surface area contributed by atoms with Crippen LogP contribution in [0.3, 0.4) is 0 Å². The molecule has 0 N–H and O–H groups in total.